The van der Waals surface area contributed by atoms with Gasteiger partial charge in [0.25, 0.3) is 5.91 Å². The summed E-state index contributed by atoms with van der Waals surface area (Å²) in [6, 6.07) is 7.24. The van der Waals surface area contributed by atoms with E-state index < -0.39 is 15.9 Å². The van der Waals surface area contributed by atoms with E-state index in [4.69, 9.17) is 8.83 Å². The molecule has 0 saturated carbocycles. The summed E-state index contributed by atoms with van der Waals surface area (Å²) in [5.74, 6) is 1.40. The summed E-state index contributed by atoms with van der Waals surface area (Å²) in [7, 11) is -3.15. The number of hydrogen-bond donors (Lipinski definition) is 0. The zero-order valence-electron chi connectivity index (χ0n) is 17.1. The van der Waals surface area contributed by atoms with Crippen molar-refractivity contribution in [1.29, 1.82) is 0 Å². The Morgan fingerprint density at radius 3 is 2.45 bits per heavy atom. The lowest BCUT2D eigenvalue weighted by atomic mass is 10.0. The molecule has 1 saturated heterocycles. The molecule has 29 heavy (non-hydrogen) atoms. The minimum Gasteiger partial charge on any atom is -0.464 e. The van der Waals surface area contributed by atoms with Crippen LogP contribution in [0.4, 0.5) is 0 Å². The zero-order chi connectivity index (χ0) is 20.9. The minimum atomic E-state index is -3.15. The summed E-state index contributed by atoms with van der Waals surface area (Å²) in [4.78, 5) is 15.1. The summed E-state index contributed by atoms with van der Waals surface area (Å²) < 4.78 is 35.8. The van der Waals surface area contributed by atoms with Gasteiger partial charge in [0, 0.05) is 17.0 Å². The topological polar surface area (TPSA) is 80.7 Å². The van der Waals surface area contributed by atoms with Crippen LogP contribution in [0.5, 0.6) is 0 Å². The van der Waals surface area contributed by atoms with Crippen molar-refractivity contribution in [2.45, 2.75) is 46.7 Å². The van der Waals surface area contributed by atoms with Gasteiger partial charge in [-0.1, -0.05) is 12.1 Å². The maximum atomic E-state index is 13.5. The highest BCUT2D eigenvalue weighted by atomic mass is 32.2. The Morgan fingerprint density at radius 2 is 1.83 bits per heavy atom. The molecule has 1 amide bonds. The number of rotatable bonds is 4. The van der Waals surface area contributed by atoms with Crippen LogP contribution in [0.15, 0.2) is 33.1 Å². The van der Waals surface area contributed by atoms with E-state index in [1.54, 1.807) is 4.90 Å². The molecule has 2 aromatic heterocycles. The average Bonchev–Trinajstić information content (AvgIpc) is 3.33. The van der Waals surface area contributed by atoms with Crippen molar-refractivity contribution in [2.24, 2.45) is 0 Å². The molecule has 0 unspecified atom stereocenters. The molecule has 1 aliphatic heterocycles. The number of sulfone groups is 1. The van der Waals surface area contributed by atoms with Crippen LogP contribution in [-0.2, 0) is 16.4 Å². The molecule has 7 heteroatoms. The summed E-state index contributed by atoms with van der Waals surface area (Å²) >= 11 is 0. The first kappa shape index (κ1) is 19.8. The maximum absolute atomic E-state index is 13.5. The van der Waals surface area contributed by atoms with Crippen molar-refractivity contribution in [1.82, 2.24) is 4.90 Å². The van der Waals surface area contributed by atoms with E-state index in [1.807, 2.05) is 52.0 Å². The molecule has 6 nitrogen and oxygen atoms in total. The van der Waals surface area contributed by atoms with Crippen LogP contribution >= 0.6 is 0 Å². The van der Waals surface area contributed by atoms with Crippen molar-refractivity contribution in [3.63, 3.8) is 0 Å². The predicted molar refractivity (Wildman–Crippen MR) is 111 cm³/mol. The smallest absolute Gasteiger partial charge is 0.290 e. The van der Waals surface area contributed by atoms with Gasteiger partial charge in [0.2, 0.25) is 0 Å². The number of furan rings is 2. The second kappa shape index (κ2) is 7.06. The Balaban J connectivity index is 1.76. The summed E-state index contributed by atoms with van der Waals surface area (Å²) in [6.07, 6.45) is 0.422. The number of carbonyl (C=O) groups excluding carboxylic acids is 1. The van der Waals surface area contributed by atoms with Gasteiger partial charge < -0.3 is 13.7 Å². The van der Waals surface area contributed by atoms with Crippen molar-refractivity contribution >= 4 is 26.7 Å². The first-order chi connectivity index (χ1) is 13.7. The van der Waals surface area contributed by atoms with Crippen LogP contribution < -0.4 is 0 Å². The molecular formula is C22H25NO5S. The Bertz CT molecular complexity index is 1200. The monoisotopic (exact) mass is 415 g/mol. The average molecular weight is 416 g/mol. The molecule has 1 atom stereocenters. The number of benzene rings is 1. The standard InChI is InChI=1S/C22H25NO5S/c1-13-5-8-19-16(4)21(28-20(19)15(13)3)22(24)23(11-18-7-6-14(2)27-18)17-9-10-29(25,26)12-17/h5-8,17H,9-12H2,1-4H3/t17-/m0/s1. The van der Waals surface area contributed by atoms with Crippen molar-refractivity contribution in [3.05, 3.63) is 58.2 Å². The van der Waals surface area contributed by atoms with E-state index in [0.29, 0.717) is 17.8 Å². The molecule has 0 bridgehead atoms. The molecule has 1 aliphatic rings. The fraction of sp³-hybridized carbons (Fsp3) is 0.409. The van der Waals surface area contributed by atoms with Gasteiger partial charge in [-0.05, 0) is 57.4 Å². The molecule has 0 spiro atoms. The third-order valence-corrected chi connectivity index (χ3v) is 7.60. The zero-order valence-corrected chi connectivity index (χ0v) is 17.9. The van der Waals surface area contributed by atoms with Gasteiger partial charge in [0.1, 0.15) is 17.1 Å². The fourth-order valence-electron chi connectivity index (χ4n) is 3.98. The van der Waals surface area contributed by atoms with Gasteiger partial charge in [-0.2, -0.15) is 0 Å². The van der Waals surface area contributed by atoms with Gasteiger partial charge in [0.05, 0.1) is 18.1 Å². The summed E-state index contributed by atoms with van der Waals surface area (Å²) in [5, 5.41) is 0.907. The third kappa shape index (κ3) is 3.59. The van der Waals surface area contributed by atoms with Gasteiger partial charge in [0.15, 0.2) is 15.6 Å². The molecule has 0 radical (unpaired) electrons. The third-order valence-electron chi connectivity index (χ3n) is 5.85. The highest BCUT2D eigenvalue weighted by molar-refractivity contribution is 7.91. The lowest BCUT2D eigenvalue weighted by Gasteiger charge is -2.26. The van der Waals surface area contributed by atoms with E-state index in [9.17, 15) is 13.2 Å². The van der Waals surface area contributed by atoms with Crippen LogP contribution in [0.3, 0.4) is 0 Å². The van der Waals surface area contributed by atoms with E-state index >= 15 is 0 Å². The molecule has 1 fully saturated rings. The van der Waals surface area contributed by atoms with Crippen LogP contribution in [0.1, 0.15) is 45.2 Å². The minimum absolute atomic E-state index is 0.0319. The molecule has 0 N–H and O–H groups in total. The highest BCUT2D eigenvalue weighted by Gasteiger charge is 2.37. The SMILES string of the molecule is Cc1ccc(CN(C(=O)c2oc3c(C)c(C)ccc3c2C)[C@H]2CCS(=O)(=O)C2)o1. The Morgan fingerprint density at radius 1 is 1.07 bits per heavy atom. The number of amides is 1. The van der Waals surface area contributed by atoms with Crippen LogP contribution in [0.25, 0.3) is 11.0 Å². The first-order valence-electron chi connectivity index (χ1n) is 9.72. The molecule has 0 aliphatic carbocycles. The largest absolute Gasteiger partial charge is 0.464 e. The fourth-order valence-corrected chi connectivity index (χ4v) is 5.71. The van der Waals surface area contributed by atoms with Gasteiger partial charge in [-0.25, -0.2) is 8.42 Å². The van der Waals surface area contributed by atoms with Crippen LogP contribution in [0, 0.1) is 27.7 Å². The van der Waals surface area contributed by atoms with Gasteiger partial charge >= 0.3 is 0 Å². The summed E-state index contributed by atoms with van der Waals surface area (Å²) in [5.41, 5.74) is 3.57. The Labute approximate surface area is 170 Å². The van der Waals surface area contributed by atoms with Crippen LogP contribution in [0.2, 0.25) is 0 Å². The van der Waals surface area contributed by atoms with E-state index in [2.05, 4.69) is 0 Å². The predicted octanol–water partition coefficient (Wildman–Crippen LogP) is 4.09. The maximum Gasteiger partial charge on any atom is 0.290 e. The number of fused-ring (bicyclic) bond motifs is 1. The Hall–Kier alpha value is -2.54. The molecule has 3 aromatic rings. The van der Waals surface area contributed by atoms with Gasteiger partial charge in [-0.15, -0.1) is 0 Å². The van der Waals surface area contributed by atoms with Crippen LogP contribution in [-0.4, -0.2) is 36.8 Å². The summed E-state index contributed by atoms with van der Waals surface area (Å²) in [6.45, 7) is 7.89. The number of carbonyl (C=O) groups is 1. The van der Waals surface area contributed by atoms with E-state index in [0.717, 1.165) is 27.8 Å². The van der Waals surface area contributed by atoms with Crippen molar-refractivity contribution < 1.29 is 22.0 Å². The first-order valence-corrected chi connectivity index (χ1v) is 11.5. The molecule has 3 heterocycles. The second-order valence-corrected chi connectivity index (χ2v) is 10.2. The number of hydrogen-bond acceptors (Lipinski definition) is 5. The number of aryl methyl sites for hydroxylation is 4. The quantitative estimate of drug-likeness (QED) is 0.641. The van der Waals surface area contributed by atoms with Crippen molar-refractivity contribution in [3.8, 4) is 0 Å². The number of nitrogens with zero attached hydrogens (tertiary/aromatic N) is 1. The Kier molecular flexibility index (Phi) is 4.81. The lowest BCUT2D eigenvalue weighted by Crippen LogP contribution is -2.40. The second-order valence-electron chi connectivity index (χ2n) is 7.94. The molecule has 1 aromatic carbocycles. The van der Waals surface area contributed by atoms with Gasteiger partial charge in [-0.3, -0.25) is 4.79 Å². The van der Waals surface area contributed by atoms with E-state index in [1.165, 1.54) is 0 Å². The molecule has 154 valence electrons. The van der Waals surface area contributed by atoms with Crippen molar-refractivity contribution in [2.75, 3.05) is 11.5 Å². The highest BCUT2D eigenvalue weighted by Crippen LogP contribution is 2.32. The van der Waals surface area contributed by atoms with E-state index in [-0.39, 0.29) is 29.7 Å². The molecular weight excluding hydrogens is 390 g/mol. The lowest BCUT2D eigenvalue weighted by molar-refractivity contribution is 0.0634. The normalized spacial score (nSPS) is 18.4. The molecule has 4 rings (SSSR count).